The molecule has 2 aromatic carbocycles. The van der Waals surface area contributed by atoms with E-state index in [1.165, 1.54) is 24.3 Å². The average molecular weight is 759 g/mol. The number of amides is 5. The van der Waals surface area contributed by atoms with Gasteiger partial charge in [0, 0.05) is 43.2 Å². The number of para-hydroxylation sites is 1. The number of nitrogens with zero attached hydrogens (tertiary/aromatic N) is 1. The van der Waals surface area contributed by atoms with E-state index < -0.39 is 58.8 Å². The Balaban J connectivity index is 1.46. The highest BCUT2D eigenvalue weighted by molar-refractivity contribution is 5.97. The number of carbonyl (C=O) groups is 4. The molecule has 3 aromatic rings. The highest BCUT2D eigenvalue weighted by Gasteiger charge is 2.47. The minimum Gasteiger partial charge on any atom is -0.378 e. The van der Waals surface area contributed by atoms with E-state index in [4.69, 9.17) is 4.74 Å². The summed E-state index contributed by atoms with van der Waals surface area (Å²) in [6.07, 6.45) is -3.77. The zero-order chi connectivity index (χ0) is 39.2. The Morgan fingerprint density at radius 1 is 0.963 bits per heavy atom. The number of fused-ring (bicyclic) bond motifs is 3. The molecular weight excluding hydrogens is 708 g/mol. The van der Waals surface area contributed by atoms with Crippen molar-refractivity contribution in [3.05, 3.63) is 70.7 Å². The molecule has 2 unspecified atom stereocenters. The summed E-state index contributed by atoms with van der Waals surface area (Å²) in [6, 6.07) is 7.73. The molecule has 294 valence electrons. The van der Waals surface area contributed by atoms with Gasteiger partial charge in [0.05, 0.1) is 30.7 Å². The number of nitrogens with one attached hydrogen (secondary N) is 5. The molecule has 0 bridgehead atoms. The maximum absolute atomic E-state index is 14.7. The fourth-order valence-electron chi connectivity index (χ4n) is 7.18. The van der Waals surface area contributed by atoms with Crippen molar-refractivity contribution in [3.63, 3.8) is 0 Å². The molecule has 0 radical (unpaired) electrons. The van der Waals surface area contributed by atoms with Gasteiger partial charge in [0.1, 0.15) is 17.4 Å². The predicted molar refractivity (Wildman–Crippen MR) is 195 cm³/mol. The van der Waals surface area contributed by atoms with E-state index >= 15 is 0 Å². The van der Waals surface area contributed by atoms with Crippen LogP contribution in [0.2, 0.25) is 0 Å². The standard InChI is InChI=1S/C39H50F4N6O5/c1-5-23(3)31(22-44-37(53)49-16-18-54-19-17-49)46-36(52)38(15-14-30-27(21-38)26-11-9-12-28(34(26)45-30)39(41,42)43)48-35(51)33(24(4)6-2)47-32(50)20-25-10-7-8-13-29(25)40/h7-13,23-24,31,33,45H,5-6,14-22H2,1-4H3,(H,44,53)(H,46,52)(H,47,50)(H,48,51)/t23?,24?,31-,33+,38-/m1/s1. The smallest absolute Gasteiger partial charge is 0.378 e. The van der Waals surface area contributed by atoms with E-state index in [0.29, 0.717) is 55.8 Å². The van der Waals surface area contributed by atoms with Crippen molar-refractivity contribution in [2.75, 3.05) is 32.8 Å². The summed E-state index contributed by atoms with van der Waals surface area (Å²) in [5, 5.41) is 12.0. The van der Waals surface area contributed by atoms with Gasteiger partial charge in [0.2, 0.25) is 17.7 Å². The number of urea groups is 1. The highest BCUT2D eigenvalue weighted by Crippen LogP contribution is 2.40. The SMILES string of the molecule is CCC(C)[C@H](NC(=O)Cc1ccccc1F)C(=O)N[C@]1(C(=O)N[C@H](CNC(=O)N2CCOCC2)C(C)CC)CCc2[nH]c3c(C(F)(F)F)cccc3c2C1. The highest BCUT2D eigenvalue weighted by atomic mass is 19.4. The molecule has 1 aliphatic carbocycles. The number of ether oxygens (including phenoxy) is 1. The van der Waals surface area contributed by atoms with Crippen molar-refractivity contribution in [2.24, 2.45) is 11.8 Å². The first-order chi connectivity index (χ1) is 25.7. The third-order valence-corrected chi connectivity index (χ3v) is 11.0. The molecule has 2 heterocycles. The molecule has 5 rings (SSSR count). The van der Waals surface area contributed by atoms with Gasteiger partial charge < -0.3 is 35.9 Å². The Kier molecular flexibility index (Phi) is 12.9. The van der Waals surface area contributed by atoms with Gasteiger partial charge in [0.25, 0.3) is 0 Å². The zero-order valence-corrected chi connectivity index (χ0v) is 31.1. The minimum absolute atomic E-state index is 0.0372. The Labute approximate surface area is 312 Å². The van der Waals surface area contributed by atoms with E-state index in [1.807, 2.05) is 20.8 Å². The lowest BCUT2D eigenvalue weighted by Gasteiger charge is -2.40. The van der Waals surface area contributed by atoms with Gasteiger partial charge >= 0.3 is 12.2 Å². The van der Waals surface area contributed by atoms with Crippen molar-refractivity contribution in [2.45, 2.75) is 90.0 Å². The fraction of sp³-hybridized carbons (Fsp3) is 0.538. The normalized spacial score (nSPS) is 19.6. The summed E-state index contributed by atoms with van der Waals surface area (Å²) in [4.78, 5) is 59.8. The predicted octanol–water partition coefficient (Wildman–Crippen LogP) is 5.02. The van der Waals surface area contributed by atoms with Crippen LogP contribution in [-0.4, -0.2) is 84.1 Å². The summed E-state index contributed by atoms with van der Waals surface area (Å²) in [5.41, 5.74) is -1.41. The molecule has 15 heteroatoms. The third kappa shape index (κ3) is 9.16. The van der Waals surface area contributed by atoms with E-state index in [0.717, 1.165) is 6.07 Å². The topological polar surface area (TPSA) is 145 Å². The van der Waals surface area contributed by atoms with Gasteiger partial charge in [-0.2, -0.15) is 13.2 Å². The maximum Gasteiger partial charge on any atom is 0.418 e. The van der Waals surface area contributed by atoms with Gasteiger partial charge in [-0.25, -0.2) is 9.18 Å². The lowest BCUT2D eigenvalue weighted by molar-refractivity contribution is -0.137. The third-order valence-electron chi connectivity index (χ3n) is 11.0. The molecule has 1 saturated heterocycles. The number of hydrogen-bond donors (Lipinski definition) is 5. The molecule has 0 saturated carbocycles. The molecule has 2 aliphatic rings. The second-order valence-electron chi connectivity index (χ2n) is 14.5. The van der Waals surface area contributed by atoms with E-state index in [2.05, 4.69) is 26.3 Å². The fourth-order valence-corrected chi connectivity index (χ4v) is 7.18. The quantitative estimate of drug-likeness (QED) is 0.156. The number of alkyl halides is 3. The molecule has 5 atom stereocenters. The van der Waals surface area contributed by atoms with Gasteiger partial charge in [0.15, 0.2) is 0 Å². The molecule has 1 aromatic heterocycles. The van der Waals surface area contributed by atoms with Crippen LogP contribution >= 0.6 is 0 Å². The lowest BCUT2D eigenvalue weighted by atomic mass is 9.78. The van der Waals surface area contributed by atoms with Crippen molar-refractivity contribution >= 4 is 34.7 Å². The van der Waals surface area contributed by atoms with Gasteiger partial charge in [-0.05, 0) is 47.9 Å². The number of morpholine rings is 1. The van der Waals surface area contributed by atoms with E-state index in [-0.39, 0.29) is 55.3 Å². The largest absolute Gasteiger partial charge is 0.418 e. The van der Waals surface area contributed by atoms with Crippen LogP contribution in [0.1, 0.15) is 69.3 Å². The lowest BCUT2D eigenvalue weighted by Crippen LogP contribution is -2.67. The number of H-pyrrole nitrogens is 1. The average Bonchev–Trinajstić information content (AvgIpc) is 3.53. The molecule has 5 N–H and O–H groups in total. The number of carbonyl (C=O) groups excluding carboxylic acids is 4. The molecule has 11 nitrogen and oxygen atoms in total. The zero-order valence-electron chi connectivity index (χ0n) is 31.1. The van der Waals surface area contributed by atoms with Crippen LogP contribution in [0.4, 0.5) is 22.4 Å². The Hall–Kier alpha value is -4.66. The van der Waals surface area contributed by atoms with E-state index in [1.54, 1.807) is 24.0 Å². The number of aryl methyl sites for hydroxylation is 1. The summed E-state index contributed by atoms with van der Waals surface area (Å²) in [5.74, 6) is -2.88. The Morgan fingerprint density at radius 3 is 2.33 bits per heavy atom. The van der Waals surface area contributed by atoms with Crippen LogP contribution in [0, 0.1) is 17.7 Å². The van der Waals surface area contributed by atoms with Crippen LogP contribution in [0.15, 0.2) is 42.5 Å². The van der Waals surface area contributed by atoms with Crippen LogP contribution in [0.3, 0.4) is 0 Å². The molecule has 1 aliphatic heterocycles. The van der Waals surface area contributed by atoms with Crippen LogP contribution in [-0.2, 0) is 44.6 Å². The number of hydrogen-bond acceptors (Lipinski definition) is 5. The van der Waals surface area contributed by atoms with Gasteiger partial charge in [-0.15, -0.1) is 0 Å². The second-order valence-corrected chi connectivity index (χ2v) is 14.5. The van der Waals surface area contributed by atoms with Gasteiger partial charge in [-0.1, -0.05) is 70.9 Å². The number of aromatic amines is 1. The van der Waals surface area contributed by atoms with E-state index in [9.17, 15) is 36.7 Å². The Morgan fingerprint density at radius 2 is 1.67 bits per heavy atom. The number of benzene rings is 2. The first kappa shape index (κ1) is 40.5. The second kappa shape index (κ2) is 17.2. The monoisotopic (exact) mass is 758 g/mol. The van der Waals surface area contributed by atoms with Gasteiger partial charge in [-0.3, -0.25) is 14.4 Å². The summed E-state index contributed by atoms with van der Waals surface area (Å²) >= 11 is 0. The van der Waals surface area contributed by atoms with Crippen LogP contribution in [0.25, 0.3) is 10.9 Å². The molecule has 5 amide bonds. The number of halogens is 4. The van der Waals surface area contributed by atoms with Crippen LogP contribution < -0.4 is 21.3 Å². The van der Waals surface area contributed by atoms with Crippen molar-refractivity contribution in [3.8, 4) is 0 Å². The summed E-state index contributed by atoms with van der Waals surface area (Å²) < 4.78 is 61.9. The number of rotatable bonds is 13. The molecular formula is C39H50F4N6O5. The summed E-state index contributed by atoms with van der Waals surface area (Å²) in [6.45, 7) is 9.28. The maximum atomic E-state index is 14.7. The minimum atomic E-state index is -4.63. The van der Waals surface area contributed by atoms with Crippen molar-refractivity contribution < 1.29 is 41.5 Å². The molecule has 0 spiro atoms. The first-order valence-corrected chi connectivity index (χ1v) is 18.6. The number of aromatic nitrogens is 1. The summed E-state index contributed by atoms with van der Waals surface area (Å²) in [7, 11) is 0. The molecule has 54 heavy (non-hydrogen) atoms. The van der Waals surface area contributed by atoms with Crippen LogP contribution in [0.5, 0.6) is 0 Å². The molecule has 1 fully saturated rings. The Bertz CT molecular complexity index is 1830. The van der Waals surface area contributed by atoms with Crippen molar-refractivity contribution in [1.82, 2.24) is 31.2 Å². The first-order valence-electron chi connectivity index (χ1n) is 18.6. The van der Waals surface area contributed by atoms with Crippen molar-refractivity contribution in [1.29, 1.82) is 0 Å².